The number of carbonyl (C=O) groups excluding carboxylic acids is 3. The van der Waals surface area contributed by atoms with Gasteiger partial charge < -0.3 is 20.0 Å². The van der Waals surface area contributed by atoms with Gasteiger partial charge in [0.1, 0.15) is 0 Å². The molecule has 2 unspecified atom stereocenters. The summed E-state index contributed by atoms with van der Waals surface area (Å²) >= 11 is 0. The lowest BCUT2D eigenvalue weighted by Crippen LogP contribution is -2.58. The van der Waals surface area contributed by atoms with Gasteiger partial charge in [0.05, 0.1) is 12.5 Å². The van der Waals surface area contributed by atoms with Crippen LogP contribution >= 0.6 is 0 Å². The highest BCUT2D eigenvalue weighted by Crippen LogP contribution is 2.23. The van der Waals surface area contributed by atoms with Crippen LogP contribution in [0.2, 0.25) is 0 Å². The second-order valence-corrected chi connectivity index (χ2v) is 6.68. The zero-order valence-corrected chi connectivity index (χ0v) is 13.8. The van der Waals surface area contributed by atoms with Crippen LogP contribution in [-0.2, 0) is 14.4 Å². The van der Waals surface area contributed by atoms with Crippen LogP contribution in [0.1, 0.15) is 26.2 Å². The van der Waals surface area contributed by atoms with Crippen LogP contribution in [0.4, 0.5) is 0 Å². The lowest BCUT2D eigenvalue weighted by atomic mass is 10.00. The molecule has 0 aromatic heterocycles. The third kappa shape index (κ3) is 3.34. The van der Waals surface area contributed by atoms with E-state index in [4.69, 9.17) is 0 Å². The molecule has 0 bridgehead atoms. The quantitative estimate of drug-likeness (QED) is 0.744. The molecule has 0 aromatic rings. The van der Waals surface area contributed by atoms with Crippen molar-refractivity contribution in [2.45, 2.75) is 32.2 Å². The number of piperazine rings is 1. The maximum absolute atomic E-state index is 12.7. The fourth-order valence-corrected chi connectivity index (χ4v) is 3.92. The van der Waals surface area contributed by atoms with Crippen molar-refractivity contribution in [1.29, 1.82) is 0 Å². The predicted molar refractivity (Wildman–Crippen MR) is 84.5 cm³/mol. The molecule has 3 saturated heterocycles. The molecule has 128 valence electrons. The van der Waals surface area contributed by atoms with E-state index in [0.29, 0.717) is 32.6 Å². The number of likely N-dealkylation sites (tertiary alicyclic amines) is 2. The summed E-state index contributed by atoms with van der Waals surface area (Å²) in [6.07, 6.45) is 2.21. The van der Waals surface area contributed by atoms with Gasteiger partial charge in [-0.3, -0.25) is 14.4 Å². The Balaban J connectivity index is 1.61. The second kappa shape index (κ2) is 6.86. The fourth-order valence-electron chi connectivity index (χ4n) is 3.92. The molecule has 3 aliphatic heterocycles. The van der Waals surface area contributed by atoms with E-state index in [2.05, 4.69) is 5.32 Å². The van der Waals surface area contributed by atoms with E-state index in [1.54, 1.807) is 4.90 Å². The summed E-state index contributed by atoms with van der Waals surface area (Å²) < 4.78 is 0. The first kappa shape index (κ1) is 16.2. The average Bonchev–Trinajstić information content (AvgIpc) is 2.95. The van der Waals surface area contributed by atoms with E-state index < -0.39 is 0 Å². The fraction of sp³-hybridized carbons (Fsp3) is 0.812. The van der Waals surface area contributed by atoms with Gasteiger partial charge in [-0.05, 0) is 19.8 Å². The highest BCUT2D eigenvalue weighted by atomic mass is 16.2. The number of hydrogen-bond donors (Lipinski definition) is 1. The van der Waals surface area contributed by atoms with Gasteiger partial charge in [-0.25, -0.2) is 0 Å². The molecule has 0 aliphatic carbocycles. The van der Waals surface area contributed by atoms with Crippen LogP contribution in [0.15, 0.2) is 0 Å². The second-order valence-electron chi connectivity index (χ2n) is 6.68. The van der Waals surface area contributed by atoms with Crippen LogP contribution in [0.3, 0.4) is 0 Å². The van der Waals surface area contributed by atoms with Gasteiger partial charge in [0.15, 0.2) is 0 Å². The lowest BCUT2D eigenvalue weighted by molar-refractivity contribution is -0.142. The molecule has 3 fully saturated rings. The molecule has 0 spiro atoms. The van der Waals surface area contributed by atoms with Gasteiger partial charge in [0.25, 0.3) is 0 Å². The van der Waals surface area contributed by atoms with E-state index in [-0.39, 0.29) is 29.7 Å². The minimum absolute atomic E-state index is 0.0803. The first-order valence-electron chi connectivity index (χ1n) is 8.67. The van der Waals surface area contributed by atoms with Crippen molar-refractivity contribution in [3.8, 4) is 0 Å². The Morgan fingerprint density at radius 1 is 1.22 bits per heavy atom. The number of carbonyl (C=O) groups is 3. The molecule has 3 rings (SSSR count). The van der Waals surface area contributed by atoms with E-state index in [1.807, 2.05) is 16.7 Å². The number of nitrogens with one attached hydrogen (secondary N) is 1. The first-order valence-corrected chi connectivity index (χ1v) is 8.67. The summed E-state index contributed by atoms with van der Waals surface area (Å²) in [5.74, 6) is 0.0851. The molecule has 2 atom stereocenters. The summed E-state index contributed by atoms with van der Waals surface area (Å²) in [4.78, 5) is 42.2. The topological polar surface area (TPSA) is 73.0 Å². The van der Waals surface area contributed by atoms with Crippen LogP contribution in [0.25, 0.3) is 0 Å². The SMILES string of the molecule is CCN1CC(C(=O)N2CCCC(N3CCNCC3=O)C2)CC1=O. The summed E-state index contributed by atoms with van der Waals surface area (Å²) in [6.45, 7) is 6.44. The van der Waals surface area contributed by atoms with Crippen molar-refractivity contribution in [1.82, 2.24) is 20.0 Å². The molecule has 7 nitrogen and oxygen atoms in total. The van der Waals surface area contributed by atoms with Crippen LogP contribution in [-0.4, -0.2) is 84.3 Å². The monoisotopic (exact) mass is 322 g/mol. The Hall–Kier alpha value is -1.63. The Kier molecular flexibility index (Phi) is 4.84. The average molecular weight is 322 g/mol. The molecule has 0 saturated carbocycles. The Morgan fingerprint density at radius 3 is 2.74 bits per heavy atom. The molecule has 3 aliphatic rings. The standard InChI is InChI=1S/C16H26N4O3/c1-2-18-10-12(8-14(18)21)16(23)19-6-3-4-13(11-19)20-7-5-17-9-15(20)22/h12-13,17H,2-11H2,1H3. The van der Waals surface area contributed by atoms with Gasteiger partial charge in [-0.2, -0.15) is 0 Å². The molecule has 1 N–H and O–H groups in total. The Bertz CT molecular complexity index is 496. The van der Waals surface area contributed by atoms with Gasteiger partial charge >= 0.3 is 0 Å². The predicted octanol–water partition coefficient (Wildman–Crippen LogP) is -0.722. The number of piperidine rings is 1. The van der Waals surface area contributed by atoms with Gasteiger partial charge in [-0.1, -0.05) is 0 Å². The van der Waals surface area contributed by atoms with Gasteiger partial charge in [-0.15, -0.1) is 0 Å². The number of nitrogens with zero attached hydrogens (tertiary/aromatic N) is 3. The van der Waals surface area contributed by atoms with E-state index in [1.165, 1.54) is 0 Å². The largest absolute Gasteiger partial charge is 0.342 e. The third-order valence-corrected chi connectivity index (χ3v) is 5.22. The molecule has 0 radical (unpaired) electrons. The summed E-state index contributed by atoms with van der Waals surface area (Å²) in [5, 5.41) is 3.08. The maximum atomic E-state index is 12.7. The molecular weight excluding hydrogens is 296 g/mol. The Morgan fingerprint density at radius 2 is 2.04 bits per heavy atom. The number of rotatable bonds is 3. The van der Waals surface area contributed by atoms with Crippen molar-refractivity contribution >= 4 is 17.7 Å². The van der Waals surface area contributed by atoms with Gasteiger partial charge in [0.2, 0.25) is 17.7 Å². The molecule has 7 heteroatoms. The van der Waals surface area contributed by atoms with Gasteiger partial charge in [0, 0.05) is 51.7 Å². The summed E-state index contributed by atoms with van der Waals surface area (Å²) in [6, 6.07) is 0.127. The van der Waals surface area contributed by atoms with Crippen molar-refractivity contribution in [3.05, 3.63) is 0 Å². The highest BCUT2D eigenvalue weighted by Gasteiger charge is 2.38. The normalized spacial score (nSPS) is 29.3. The third-order valence-electron chi connectivity index (χ3n) is 5.22. The number of hydrogen-bond acceptors (Lipinski definition) is 4. The van der Waals surface area contributed by atoms with Crippen LogP contribution in [0.5, 0.6) is 0 Å². The molecule has 3 heterocycles. The molecule has 23 heavy (non-hydrogen) atoms. The molecule has 3 amide bonds. The highest BCUT2D eigenvalue weighted by molar-refractivity contribution is 5.89. The summed E-state index contributed by atoms with van der Waals surface area (Å²) in [5.41, 5.74) is 0. The maximum Gasteiger partial charge on any atom is 0.236 e. The van der Waals surface area contributed by atoms with Crippen molar-refractivity contribution in [2.75, 3.05) is 45.8 Å². The molecular formula is C16H26N4O3. The molecule has 0 aromatic carbocycles. The Labute approximate surface area is 137 Å². The van der Waals surface area contributed by atoms with Crippen LogP contribution < -0.4 is 5.32 Å². The van der Waals surface area contributed by atoms with Crippen LogP contribution in [0, 0.1) is 5.92 Å². The smallest absolute Gasteiger partial charge is 0.236 e. The van der Waals surface area contributed by atoms with E-state index >= 15 is 0 Å². The minimum atomic E-state index is -0.208. The minimum Gasteiger partial charge on any atom is -0.342 e. The summed E-state index contributed by atoms with van der Waals surface area (Å²) in [7, 11) is 0. The van der Waals surface area contributed by atoms with Crippen molar-refractivity contribution < 1.29 is 14.4 Å². The zero-order valence-electron chi connectivity index (χ0n) is 13.8. The van der Waals surface area contributed by atoms with E-state index in [9.17, 15) is 14.4 Å². The first-order chi connectivity index (χ1) is 11.1. The zero-order chi connectivity index (χ0) is 16.4. The number of amides is 3. The van der Waals surface area contributed by atoms with E-state index in [0.717, 1.165) is 32.5 Å². The van der Waals surface area contributed by atoms with Crippen molar-refractivity contribution in [3.63, 3.8) is 0 Å². The van der Waals surface area contributed by atoms with Crippen molar-refractivity contribution in [2.24, 2.45) is 5.92 Å². The lowest BCUT2D eigenvalue weighted by Gasteiger charge is -2.41.